The minimum Gasteiger partial charge on any atom is -0.380 e. The number of rotatable bonds is 8. The molecular formula is C12H20N4O2. The van der Waals surface area contributed by atoms with Crippen LogP contribution in [0.2, 0.25) is 0 Å². The zero-order valence-corrected chi connectivity index (χ0v) is 10.9. The average Bonchev–Trinajstić information content (AvgIpc) is 2.42. The summed E-state index contributed by atoms with van der Waals surface area (Å²) in [4.78, 5) is 11.6. The highest BCUT2D eigenvalue weighted by atomic mass is 16.5. The Morgan fingerprint density at radius 3 is 2.78 bits per heavy atom. The molecule has 6 heteroatoms. The van der Waals surface area contributed by atoms with Crippen molar-refractivity contribution in [3.8, 4) is 0 Å². The van der Waals surface area contributed by atoms with E-state index in [1.807, 2.05) is 0 Å². The van der Waals surface area contributed by atoms with Crippen LogP contribution in [0, 0.1) is 0 Å². The van der Waals surface area contributed by atoms with E-state index in [2.05, 4.69) is 27.8 Å². The molecule has 0 saturated heterocycles. The van der Waals surface area contributed by atoms with Crippen LogP contribution in [0.4, 0.5) is 5.82 Å². The minimum atomic E-state index is -0.232. The summed E-state index contributed by atoms with van der Waals surface area (Å²) in [6.45, 7) is 3.85. The normalized spacial score (nSPS) is 10.1. The van der Waals surface area contributed by atoms with Gasteiger partial charge < -0.3 is 15.4 Å². The third-order valence-electron chi connectivity index (χ3n) is 2.33. The maximum Gasteiger partial charge on any atom is 0.271 e. The van der Waals surface area contributed by atoms with E-state index in [4.69, 9.17) is 4.74 Å². The first-order valence-corrected chi connectivity index (χ1v) is 6.15. The third kappa shape index (κ3) is 5.09. The molecule has 0 fully saturated rings. The Balaban J connectivity index is 2.23. The van der Waals surface area contributed by atoms with Crippen molar-refractivity contribution in [3.05, 3.63) is 17.8 Å². The summed E-state index contributed by atoms with van der Waals surface area (Å²) in [7, 11) is 1.75. The van der Waals surface area contributed by atoms with Crippen molar-refractivity contribution in [2.75, 3.05) is 32.1 Å². The molecule has 0 aliphatic rings. The van der Waals surface area contributed by atoms with Crippen LogP contribution >= 0.6 is 0 Å². The first-order valence-electron chi connectivity index (χ1n) is 6.15. The van der Waals surface area contributed by atoms with E-state index < -0.39 is 0 Å². The summed E-state index contributed by atoms with van der Waals surface area (Å²) < 4.78 is 5.34. The molecule has 0 unspecified atom stereocenters. The molecule has 2 N–H and O–H groups in total. The molecule has 0 aromatic carbocycles. The molecule has 0 radical (unpaired) electrons. The predicted molar refractivity (Wildman–Crippen MR) is 69.6 cm³/mol. The van der Waals surface area contributed by atoms with Crippen LogP contribution < -0.4 is 10.6 Å². The standard InChI is InChI=1S/C12H20N4O2/c1-3-4-8-18-9-7-14-12(17)10-5-6-11(13-2)16-15-10/h5-6H,3-4,7-9H2,1-2H3,(H,13,16)(H,14,17). The summed E-state index contributed by atoms with van der Waals surface area (Å²) in [5, 5.41) is 13.2. The summed E-state index contributed by atoms with van der Waals surface area (Å²) >= 11 is 0. The number of aromatic nitrogens is 2. The van der Waals surface area contributed by atoms with Crippen LogP contribution in [0.5, 0.6) is 0 Å². The fraction of sp³-hybridized carbons (Fsp3) is 0.583. The van der Waals surface area contributed by atoms with Crippen LogP contribution in [0.25, 0.3) is 0 Å². The lowest BCUT2D eigenvalue weighted by molar-refractivity contribution is 0.0907. The number of carbonyl (C=O) groups excluding carboxylic acids is 1. The molecule has 1 aromatic rings. The Morgan fingerprint density at radius 2 is 2.17 bits per heavy atom. The van der Waals surface area contributed by atoms with Crippen LogP contribution in [-0.4, -0.2) is 42.9 Å². The SMILES string of the molecule is CCCCOCCNC(=O)c1ccc(NC)nn1. The molecular weight excluding hydrogens is 232 g/mol. The molecule has 1 rings (SSSR count). The fourth-order valence-corrected chi connectivity index (χ4v) is 1.26. The number of anilines is 1. The Labute approximate surface area is 107 Å². The number of unbranched alkanes of at least 4 members (excludes halogenated alkanes) is 1. The van der Waals surface area contributed by atoms with Crippen molar-refractivity contribution in [3.63, 3.8) is 0 Å². The number of amides is 1. The second-order valence-electron chi connectivity index (χ2n) is 3.78. The molecule has 0 aliphatic heterocycles. The molecule has 1 aromatic heterocycles. The van der Waals surface area contributed by atoms with Gasteiger partial charge in [0, 0.05) is 20.2 Å². The van der Waals surface area contributed by atoms with Gasteiger partial charge in [0.25, 0.3) is 5.91 Å². The molecule has 0 atom stereocenters. The largest absolute Gasteiger partial charge is 0.380 e. The molecule has 100 valence electrons. The lowest BCUT2D eigenvalue weighted by atomic mass is 10.3. The minimum absolute atomic E-state index is 0.232. The van der Waals surface area contributed by atoms with Gasteiger partial charge in [-0.05, 0) is 18.6 Å². The van der Waals surface area contributed by atoms with E-state index >= 15 is 0 Å². The topological polar surface area (TPSA) is 76.1 Å². The number of nitrogens with zero attached hydrogens (tertiary/aromatic N) is 2. The zero-order chi connectivity index (χ0) is 13.2. The van der Waals surface area contributed by atoms with E-state index in [0.717, 1.165) is 19.4 Å². The molecule has 1 amide bonds. The van der Waals surface area contributed by atoms with E-state index in [0.29, 0.717) is 24.7 Å². The summed E-state index contributed by atoms with van der Waals surface area (Å²) in [5.41, 5.74) is 0.308. The van der Waals surface area contributed by atoms with Gasteiger partial charge in [0.05, 0.1) is 6.61 Å². The van der Waals surface area contributed by atoms with Gasteiger partial charge in [0.1, 0.15) is 5.82 Å². The Hall–Kier alpha value is -1.69. The van der Waals surface area contributed by atoms with Crippen molar-refractivity contribution in [1.29, 1.82) is 0 Å². The van der Waals surface area contributed by atoms with E-state index in [-0.39, 0.29) is 5.91 Å². The Kier molecular flexibility index (Phi) is 6.71. The van der Waals surface area contributed by atoms with Gasteiger partial charge in [-0.15, -0.1) is 10.2 Å². The van der Waals surface area contributed by atoms with Crippen molar-refractivity contribution in [2.24, 2.45) is 0 Å². The number of ether oxygens (including phenoxy) is 1. The van der Waals surface area contributed by atoms with Crippen molar-refractivity contribution in [1.82, 2.24) is 15.5 Å². The summed E-state index contributed by atoms with van der Waals surface area (Å²) in [6, 6.07) is 3.34. The van der Waals surface area contributed by atoms with E-state index in [9.17, 15) is 4.79 Å². The summed E-state index contributed by atoms with van der Waals surface area (Å²) in [5.74, 6) is 0.402. The van der Waals surface area contributed by atoms with E-state index in [1.54, 1.807) is 19.2 Å². The second kappa shape index (κ2) is 8.41. The summed E-state index contributed by atoms with van der Waals surface area (Å²) in [6.07, 6.45) is 2.16. The van der Waals surface area contributed by atoms with Crippen molar-refractivity contribution in [2.45, 2.75) is 19.8 Å². The molecule has 0 spiro atoms. The highest BCUT2D eigenvalue weighted by molar-refractivity contribution is 5.92. The van der Waals surface area contributed by atoms with E-state index in [1.165, 1.54) is 0 Å². The number of carbonyl (C=O) groups is 1. The lowest BCUT2D eigenvalue weighted by Gasteiger charge is -2.05. The zero-order valence-electron chi connectivity index (χ0n) is 10.9. The van der Waals surface area contributed by atoms with Gasteiger partial charge in [0.2, 0.25) is 0 Å². The molecule has 6 nitrogen and oxygen atoms in total. The molecule has 0 bridgehead atoms. The lowest BCUT2D eigenvalue weighted by Crippen LogP contribution is -2.28. The predicted octanol–water partition coefficient (Wildman–Crippen LogP) is 1.06. The smallest absolute Gasteiger partial charge is 0.271 e. The molecule has 18 heavy (non-hydrogen) atoms. The van der Waals surface area contributed by atoms with Gasteiger partial charge in [-0.2, -0.15) is 0 Å². The second-order valence-corrected chi connectivity index (χ2v) is 3.78. The van der Waals surface area contributed by atoms with Crippen LogP contribution in [0.15, 0.2) is 12.1 Å². The highest BCUT2D eigenvalue weighted by Gasteiger charge is 2.06. The van der Waals surface area contributed by atoms with Gasteiger partial charge in [-0.3, -0.25) is 4.79 Å². The number of nitrogens with one attached hydrogen (secondary N) is 2. The molecule has 0 aliphatic carbocycles. The maximum absolute atomic E-state index is 11.6. The van der Waals surface area contributed by atoms with Gasteiger partial charge in [-0.1, -0.05) is 13.3 Å². The molecule has 1 heterocycles. The first kappa shape index (κ1) is 14.4. The number of hydrogen-bond acceptors (Lipinski definition) is 5. The monoisotopic (exact) mass is 252 g/mol. The first-order chi connectivity index (χ1) is 8.77. The molecule has 0 saturated carbocycles. The van der Waals surface area contributed by atoms with Gasteiger partial charge >= 0.3 is 0 Å². The van der Waals surface area contributed by atoms with Gasteiger partial charge in [0.15, 0.2) is 5.69 Å². The highest BCUT2D eigenvalue weighted by Crippen LogP contribution is 2.00. The van der Waals surface area contributed by atoms with Crippen molar-refractivity contribution < 1.29 is 9.53 Å². The quantitative estimate of drug-likeness (QED) is 0.677. The maximum atomic E-state index is 11.6. The number of hydrogen-bond donors (Lipinski definition) is 2. The third-order valence-corrected chi connectivity index (χ3v) is 2.33. The van der Waals surface area contributed by atoms with Crippen LogP contribution in [-0.2, 0) is 4.74 Å². The average molecular weight is 252 g/mol. The Morgan fingerprint density at radius 1 is 1.33 bits per heavy atom. The van der Waals surface area contributed by atoms with Crippen LogP contribution in [0.1, 0.15) is 30.3 Å². The van der Waals surface area contributed by atoms with Gasteiger partial charge in [-0.25, -0.2) is 0 Å². The fourth-order valence-electron chi connectivity index (χ4n) is 1.26. The van der Waals surface area contributed by atoms with Crippen LogP contribution in [0.3, 0.4) is 0 Å². The van der Waals surface area contributed by atoms with Crippen molar-refractivity contribution >= 4 is 11.7 Å². The Bertz CT molecular complexity index is 354.